The zero-order valence-electron chi connectivity index (χ0n) is 11.0. The Morgan fingerprint density at radius 1 is 1.06 bits per heavy atom. The first-order chi connectivity index (χ1) is 7.66. The molecule has 2 aromatic rings. The van der Waals surface area contributed by atoms with Crippen LogP contribution in [0.4, 0.5) is 0 Å². The summed E-state index contributed by atoms with van der Waals surface area (Å²) in [5.74, 6) is 0. The van der Waals surface area contributed by atoms with E-state index in [0.29, 0.717) is 5.02 Å². The minimum Gasteiger partial charge on any atom is -0.305 e. The lowest BCUT2D eigenvalue weighted by atomic mass is 10.3. The van der Waals surface area contributed by atoms with Gasteiger partial charge in [-0.05, 0) is 25.5 Å². The number of halogens is 1. The van der Waals surface area contributed by atoms with E-state index in [2.05, 4.69) is 4.98 Å². The van der Waals surface area contributed by atoms with Crippen molar-refractivity contribution in [1.29, 1.82) is 0 Å². The molecule has 0 fully saturated rings. The number of hydrogen-bond donors (Lipinski definition) is 0. The summed E-state index contributed by atoms with van der Waals surface area (Å²) in [7, 11) is 0. The first kappa shape index (κ1) is 15.0. The van der Waals surface area contributed by atoms with Crippen LogP contribution in [0.3, 0.4) is 0 Å². The van der Waals surface area contributed by atoms with Gasteiger partial charge in [-0.25, -0.2) is 4.98 Å². The summed E-state index contributed by atoms with van der Waals surface area (Å²) >= 11 is 5.99. The highest BCUT2D eigenvalue weighted by Gasteiger charge is 2.02. The third-order valence-electron chi connectivity index (χ3n) is 1.76. The van der Waals surface area contributed by atoms with E-state index in [0.717, 1.165) is 16.9 Å². The Hall–Kier alpha value is -1.02. The van der Waals surface area contributed by atoms with Crippen LogP contribution in [0.1, 0.15) is 39.0 Å². The van der Waals surface area contributed by atoms with Crippen LogP contribution in [0.2, 0.25) is 5.02 Å². The maximum atomic E-state index is 5.99. The van der Waals surface area contributed by atoms with Crippen LogP contribution in [0.15, 0.2) is 18.5 Å². The Morgan fingerprint density at radius 2 is 1.62 bits per heavy atom. The largest absolute Gasteiger partial charge is 0.305 e. The number of aromatic nitrogens is 2. The van der Waals surface area contributed by atoms with Crippen molar-refractivity contribution in [1.82, 2.24) is 9.38 Å². The number of hydrogen-bond acceptors (Lipinski definition) is 1. The Balaban J connectivity index is 0.000000509. The van der Waals surface area contributed by atoms with Gasteiger partial charge in [0, 0.05) is 12.4 Å². The Bertz CT molecular complexity index is 433. The average molecular weight is 241 g/mol. The second-order valence-corrected chi connectivity index (χ2v) is 3.39. The summed E-state index contributed by atoms with van der Waals surface area (Å²) in [6.07, 6.45) is 3.98. The van der Waals surface area contributed by atoms with E-state index in [1.54, 1.807) is 0 Å². The molecule has 0 saturated heterocycles. The molecule has 3 heteroatoms. The van der Waals surface area contributed by atoms with Gasteiger partial charge < -0.3 is 4.40 Å². The van der Waals surface area contributed by atoms with Crippen LogP contribution < -0.4 is 0 Å². The highest BCUT2D eigenvalue weighted by Crippen LogP contribution is 2.17. The molecular weight excluding hydrogens is 220 g/mol. The van der Waals surface area contributed by atoms with Crippen molar-refractivity contribution in [2.75, 3.05) is 0 Å². The van der Waals surface area contributed by atoms with Crippen LogP contribution >= 0.6 is 11.6 Å². The van der Waals surface area contributed by atoms with Crippen molar-refractivity contribution in [2.24, 2.45) is 0 Å². The van der Waals surface area contributed by atoms with Crippen LogP contribution in [0.25, 0.3) is 5.65 Å². The van der Waals surface area contributed by atoms with Gasteiger partial charge in [0.15, 0.2) is 5.65 Å². The summed E-state index contributed by atoms with van der Waals surface area (Å²) in [6, 6.07) is 1.92. The smallest absolute Gasteiger partial charge is 0.155 e. The molecule has 0 saturated carbocycles. The Morgan fingerprint density at radius 3 is 2.19 bits per heavy atom. The molecule has 2 nitrogen and oxygen atoms in total. The fourth-order valence-electron chi connectivity index (χ4n) is 1.31. The van der Waals surface area contributed by atoms with Crippen LogP contribution in [-0.2, 0) is 0 Å². The third kappa shape index (κ3) is 3.53. The summed E-state index contributed by atoms with van der Waals surface area (Å²) in [5, 5.41) is 0.711. The molecule has 0 amide bonds. The molecule has 0 aliphatic rings. The van der Waals surface area contributed by atoms with Gasteiger partial charge in [-0.2, -0.15) is 0 Å². The zero-order valence-corrected chi connectivity index (χ0v) is 11.8. The second kappa shape index (κ2) is 7.29. The molecule has 90 valence electrons. The van der Waals surface area contributed by atoms with E-state index in [-0.39, 0.29) is 0 Å². The van der Waals surface area contributed by atoms with Gasteiger partial charge in [0.1, 0.15) is 0 Å². The maximum Gasteiger partial charge on any atom is 0.155 e. The van der Waals surface area contributed by atoms with Crippen LogP contribution in [-0.4, -0.2) is 9.38 Å². The molecule has 0 aliphatic heterocycles. The lowest BCUT2D eigenvalue weighted by Gasteiger charge is -1.97. The first-order valence-electron chi connectivity index (χ1n) is 5.78. The molecule has 0 N–H and O–H groups in total. The molecular formula is C13H21ClN2. The van der Waals surface area contributed by atoms with Gasteiger partial charge in [0.05, 0.1) is 10.7 Å². The summed E-state index contributed by atoms with van der Waals surface area (Å²) in [5.41, 5.74) is 2.96. The lowest BCUT2D eigenvalue weighted by Crippen LogP contribution is -1.85. The quantitative estimate of drug-likeness (QED) is 0.655. The molecule has 0 aromatic carbocycles. The van der Waals surface area contributed by atoms with E-state index in [1.807, 2.05) is 64.4 Å². The highest BCUT2D eigenvalue weighted by atomic mass is 35.5. The third-order valence-corrected chi connectivity index (χ3v) is 2.04. The SMILES string of the molecule is CC.CC.Cc1cc(Cl)c2nc(C)cn2c1. The average Bonchev–Trinajstić information content (AvgIpc) is 2.65. The normalized spacial score (nSPS) is 8.94. The van der Waals surface area contributed by atoms with Crippen molar-refractivity contribution in [3.63, 3.8) is 0 Å². The molecule has 0 aliphatic carbocycles. The van der Waals surface area contributed by atoms with E-state index < -0.39 is 0 Å². The van der Waals surface area contributed by atoms with Crippen molar-refractivity contribution >= 4 is 17.2 Å². The fraction of sp³-hybridized carbons (Fsp3) is 0.462. The van der Waals surface area contributed by atoms with Gasteiger partial charge in [0.2, 0.25) is 0 Å². The molecule has 16 heavy (non-hydrogen) atoms. The van der Waals surface area contributed by atoms with Gasteiger partial charge >= 0.3 is 0 Å². The summed E-state index contributed by atoms with van der Waals surface area (Å²) < 4.78 is 1.95. The molecule has 0 unspecified atom stereocenters. The number of rotatable bonds is 0. The minimum absolute atomic E-state index is 0.711. The van der Waals surface area contributed by atoms with E-state index in [1.165, 1.54) is 0 Å². The lowest BCUT2D eigenvalue weighted by molar-refractivity contribution is 1.15. The van der Waals surface area contributed by atoms with Crippen molar-refractivity contribution < 1.29 is 0 Å². The van der Waals surface area contributed by atoms with Crippen molar-refractivity contribution in [3.8, 4) is 0 Å². The number of nitrogens with zero attached hydrogens (tertiary/aromatic N) is 2. The summed E-state index contributed by atoms with van der Waals surface area (Å²) in [4.78, 5) is 4.28. The van der Waals surface area contributed by atoms with Gasteiger partial charge in [-0.15, -0.1) is 0 Å². The van der Waals surface area contributed by atoms with Crippen molar-refractivity contribution in [3.05, 3.63) is 34.7 Å². The predicted octanol–water partition coefficient (Wildman–Crippen LogP) is 4.66. The number of aryl methyl sites for hydroxylation is 2. The van der Waals surface area contributed by atoms with Gasteiger partial charge in [0.25, 0.3) is 0 Å². The Labute approximate surface area is 103 Å². The van der Waals surface area contributed by atoms with E-state index >= 15 is 0 Å². The molecule has 0 spiro atoms. The molecule has 2 rings (SSSR count). The van der Waals surface area contributed by atoms with Gasteiger partial charge in [-0.1, -0.05) is 39.3 Å². The molecule has 0 atom stereocenters. The molecule has 0 bridgehead atoms. The molecule has 0 radical (unpaired) electrons. The monoisotopic (exact) mass is 240 g/mol. The first-order valence-corrected chi connectivity index (χ1v) is 6.16. The number of imidazole rings is 1. The summed E-state index contributed by atoms with van der Waals surface area (Å²) in [6.45, 7) is 12.0. The van der Waals surface area contributed by atoms with E-state index in [4.69, 9.17) is 11.6 Å². The topological polar surface area (TPSA) is 17.3 Å². The highest BCUT2D eigenvalue weighted by molar-refractivity contribution is 6.33. The molecule has 2 aromatic heterocycles. The van der Waals surface area contributed by atoms with Gasteiger partial charge in [-0.3, -0.25) is 0 Å². The maximum absolute atomic E-state index is 5.99. The number of pyridine rings is 1. The minimum atomic E-state index is 0.711. The number of fused-ring (bicyclic) bond motifs is 1. The van der Waals surface area contributed by atoms with Crippen LogP contribution in [0.5, 0.6) is 0 Å². The van der Waals surface area contributed by atoms with Crippen molar-refractivity contribution in [2.45, 2.75) is 41.5 Å². The van der Waals surface area contributed by atoms with E-state index in [9.17, 15) is 0 Å². The van der Waals surface area contributed by atoms with Crippen LogP contribution in [0, 0.1) is 13.8 Å². The zero-order chi connectivity index (χ0) is 12.7. The standard InChI is InChI=1S/C9H9ClN2.2C2H6/c1-6-3-8(10)9-11-7(2)5-12(9)4-6;2*1-2/h3-5H,1-2H3;2*1-2H3. The predicted molar refractivity (Wildman–Crippen MR) is 72.4 cm³/mol. The Kier molecular flexibility index (Phi) is 6.82. The second-order valence-electron chi connectivity index (χ2n) is 2.98. The molecule has 2 heterocycles. The fourth-order valence-corrected chi connectivity index (χ4v) is 1.62.